The highest BCUT2D eigenvalue weighted by Crippen LogP contribution is 2.28. The Balaban J connectivity index is 2.78. The molecule has 0 aliphatic carbocycles. The maximum Gasteiger partial charge on any atom is 0.154 e. The van der Waals surface area contributed by atoms with Gasteiger partial charge in [-0.25, -0.2) is 0 Å². The van der Waals surface area contributed by atoms with E-state index >= 15 is 0 Å². The molecule has 0 amide bonds. The summed E-state index contributed by atoms with van der Waals surface area (Å²) in [5.74, 6) is 0.729. The van der Waals surface area contributed by atoms with Crippen molar-refractivity contribution in [2.45, 2.75) is 0 Å². The van der Waals surface area contributed by atoms with E-state index in [4.69, 9.17) is 4.74 Å². The highest BCUT2D eigenvalue weighted by atomic mass is 16.5. The van der Waals surface area contributed by atoms with Crippen molar-refractivity contribution >= 4 is 17.1 Å². The molecule has 0 saturated carbocycles. The fraction of sp³-hybridized carbons (Fsp3) is 0.0833. The molecule has 3 nitrogen and oxygen atoms in total. The van der Waals surface area contributed by atoms with Gasteiger partial charge in [0.05, 0.1) is 12.7 Å². The first-order chi connectivity index (χ1) is 7.26. The molecule has 0 aliphatic heterocycles. The molecule has 2 aromatic carbocycles. The van der Waals surface area contributed by atoms with Crippen molar-refractivity contribution in [2.75, 3.05) is 7.11 Å². The first-order valence-electron chi connectivity index (χ1n) is 4.51. The van der Waals surface area contributed by atoms with Crippen LogP contribution in [0.2, 0.25) is 0 Å². The van der Waals surface area contributed by atoms with Gasteiger partial charge in [0.15, 0.2) is 6.29 Å². The lowest BCUT2D eigenvalue weighted by Crippen LogP contribution is -1.87. The summed E-state index contributed by atoms with van der Waals surface area (Å²) in [6.07, 6.45) is 0.657. The Morgan fingerprint density at radius 1 is 1.27 bits per heavy atom. The number of carbonyl (C=O) groups is 1. The molecule has 15 heavy (non-hydrogen) atoms. The van der Waals surface area contributed by atoms with Crippen LogP contribution in [0, 0.1) is 0 Å². The lowest BCUT2D eigenvalue weighted by molar-refractivity contribution is 0.112. The van der Waals surface area contributed by atoms with Crippen molar-refractivity contribution in [3.63, 3.8) is 0 Å². The van der Waals surface area contributed by atoms with Crippen LogP contribution in [-0.4, -0.2) is 18.5 Å². The van der Waals surface area contributed by atoms with Gasteiger partial charge >= 0.3 is 0 Å². The second-order valence-electron chi connectivity index (χ2n) is 3.20. The van der Waals surface area contributed by atoms with E-state index in [2.05, 4.69) is 0 Å². The van der Waals surface area contributed by atoms with Gasteiger partial charge in [0, 0.05) is 0 Å². The zero-order chi connectivity index (χ0) is 10.8. The van der Waals surface area contributed by atoms with E-state index in [0.717, 1.165) is 16.5 Å². The molecular formula is C12H10O3. The van der Waals surface area contributed by atoms with Crippen molar-refractivity contribution in [3.05, 3.63) is 35.9 Å². The van der Waals surface area contributed by atoms with Crippen LogP contribution in [-0.2, 0) is 0 Å². The summed E-state index contributed by atoms with van der Waals surface area (Å²) < 4.78 is 5.08. The SMILES string of the molecule is COc1ccc2c(C=O)c(O)ccc2c1. The quantitative estimate of drug-likeness (QED) is 0.760. The lowest BCUT2D eigenvalue weighted by atomic mass is 10.0. The van der Waals surface area contributed by atoms with Crippen molar-refractivity contribution in [3.8, 4) is 11.5 Å². The minimum atomic E-state index is 0.00247. The average Bonchev–Trinajstić information content (AvgIpc) is 2.28. The van der Waals surface area contributed by atoms with Crippen LogP contribution in [0.25, 0.3) is 10.8 Å². The number of hydrogen-bond donors (Lipinski definition) is 1. The molecule has 0 fully saturated rings. The second-order valence-corrected chi connectivity index (χ2v) is 3.20. The van der Waals surface area contributed by atoms with E-state index < -0.39 is 0 Å². The number of benzene rings is 2. The Morgan fingerprint density at radius 3 is 2.73 bits per heavy atom. The molecule has 1 N–H and O–H groups in total. The molecule has 0 aliphatic rings. The second kappa shape index (κ2) is 3.61. The predicted molar refractivity (Wildman–Crippen MR) is 57.6 cm³/mol. The molecule has 0 radical (unpaired) electrons. The van der Waals surface area contributed by atoms with Gasteiger partial charge in [-0.2, -0.15) is 0 Å². The van der Waals surface area contributed by atoms with Gasteiger partial charge in [-0.3, -0.25) is 4.79 Å². The topological polar surface area (TPSA) is 46.5 Å². The fourth-order valence-electron chi connectivity index (χ4n) is 1.57. The predicted octanol–water partition coefficient (Wildman–Crippen LogP) is 2.37. The van der Waals surface area contributed by atoms with Crippen molar-refractivity contribution in [1.29, 1.82) is 0 Å². The Kier molecular flexibility index (Phi) is 2.29. The van der Waals surface area contributed by atoms with Crippen LogP contribution < -0.4 is 4.74 Å². The number of fused-ring (bicyclic) bond motifs is 1. The Bertz CT molecular complexity index is 518. The Morgan fingerprint density at radius 2 is 2.07 bits per heavy atom. The van der Waals surface area contributed by atoms with E-state index in [-0.39, 0.29) is 5.75 Å². The zero-order valence-corrected chi connectivity index (χ0v) is 8.23. The first-order valence-corrected chi connectivity index (χ1v) is 4.51. The van der Waals surface area contributed by atoms with Crippen LogP contribution in [0.5, 0.6) is 11.5 Å². The summed E-state index contributed by atoms with van der Waals surface area (Å²) >= 11 is 0. The number of methoxy groups -OCH3 is 1. The van der Waals surface area contributed by atoms with E-state index in [0.29, 0.717) is 11.8 Å². The lowest BCUT2D eigenvalue weighted by Gasteiger charge is -2.05. The summed E-state index contributed by atoms with van der Waals surface area (Å²) in [7, 11) is 1.59. The number of aromatic hydroxyl groups is 1. The minimum absolute atomic E-state index is 0.00247. The third-order valence-electron chi connectivity index (χ3n) is 2.36. The molecular weight excluding hydrogens is 192 g/mol. The molecule has 0 bridgehead atoms. The van der Waals surface area contributed by atoms with Crippen LogP contribution in [0.3, 0.4) is 0 Å². The van der Waals surface area contributed by atoms with Crippen molar-refractivity contribution < 1.29 is 14.6 Å². The molecule has 76 valence electrons. The van der Waals surface area contributed by atoms with E-state index in [9.17, 15) is 9.90 Å². The van der Waals surface area contributed by atoms with Crippen molar-refractivity contribution in [1.82, 2.24) is 0 Å². The molecule has 0 saturated heterocycles. The standard InChI is InChI=1S/C12H10O3/c1-15-9-3-4-10-8(6-9)2-5-12(14)11(10)7-13/h2-7,14H,1H3. The summed E-state index contributed by atoms with van der Waals surface area (Å²) in [4.78, 5) is 10.8. The fourth-order valence-corrected chi connectivity index (χ4v) is 1.57. The molecule has 0 aromatic heterocycles. The minimum Gasteiger partial charge on any atom is -0.507 e. The van der Waals surface area contributed by atoms with Gasteiger partial charge in [-0.05, 0) is 35.0 Å². The van der Waals surface area contributed by atoms with Gasteiger partial charge in [-0.1, -0.05) is 6.07 Å². The third-order valence-corrected chi connectivity index (χ3v) is 2.36. The van der Waals surface area contributed by atoms with Crippen LogP contribution in [0.15, 0.2) is 30.3 Å². The smallest absolute Gasteiger partial charge is 0.154 e. The maximum atomic E-state index is 10.8. The van der Waals surface area contributed by atoms with Gasteiger partial charge in [-0.15, -0.1) is 0 Å². The highest BCUT2D eigenvalue weighted by Gasteiger charge is 2.06. The monoisotopic (exact) mass is 202 g/mol. The number of rotatable bonds is 2. The van der Waals surface area contributed by atoms with E-state index in [1.54, 1.807) is 25.3 Å². The third kappa shape index (κ3) is 1.52. The highest BCUT2D eigenvalue weighted by molar-refractivity contribution is 6.01. The number of aldehydes is 1. The summed E-state index contributed by atoms with van der Waals surface area (Å²) in [5.41, 5.74) is 0.315. The Labute approximate surface area is 86.9 Å². The van der Waals surface area contributed by atoms with E-state index in [1.165, 1.54) is 6.07 Å². The number of hydrogen-bond acceptors (Lipinski definition) is 3. The van der Waals surface area contributed by atoms with Crippen LogP contribution >= 0.6 is 0 Å². The number of phenolic OH excluding ortho intramolecular Hbond substituents is 1. The molecule has 0 spiro atoms. The number of carbonyl (C=O) groups excluding carboxylic acids is 1. The molecule has 0 heterocycles. The Hall–Kier alpha value is -2.03. The summed E-state index contributed by atoms with van der Waals surface area (Å²) in [6.45, 7) is 0. The molecule has 2 aromatic rings. The largest absolute Gasteiger partial charge is 0.507 e. The molecule has 0 unspecified atom stereocenters. The van der Waals surface area contributed by atoms with Gasteiger partial charge in [0.1, 0.15) is 11.5 Å². The molecule has 2 rings (SSSR count). The number of ether oxygens (including phenoxy) is 1. The summed E-state index contributed by atoms with van der Waals surface area (Å²) in [6, 6.07) is 8.60. The first kappa shape index (κ1) is 9.52. The van der Waals surface area contributed by atoms with Gasteiger partial charge in [0.2, 0.25) is 0 Å². The normalized spacial score (nSPS) is 10.2. The van der Waals surface area contributed by atoms with Gasteiger partial charge in [0.25, 0.3) is 0 Å². The van der Waals surface area contributed by atoms with E-state index in [1.807, 2.05) is 6.07 Å². The van der Waals surface area contributed by atoms with Crippen LogP contribution in [0.1, 0.15) is 10.4 Å². The zero-order valence-electron chi connectivity index (χ0n) is 8.23. The van der Waals surface area contributed by atoms with Gasteiger partial charge < -0.3 is 9.84 Å². The van der Waals surface area contributed by atoms with Crippen molar-refractivity contribution in [2.24, 2.45) is 0 Å². The summed E-state index contributed by atoms with van der Waals surface area (Å²) in [5, 5.41) is 11.1. The molecule has 0 atom stereocenters. The maximum absolute atomic E-state index is 10.8. The molecule has 3 heteroatoms. The average molecular weight is 202 g/mol. The number of phenols is 1. The van der Waals surface area contributed by atoms with Crippen LogP contribution in [0.4, 0.5) is 0 Å².